The Morgan fingerprint density at radius 2 is 2.31 bits per heavy atom. The van der Waals surface area contributed by atoms with Crippen LogP contribution in [0.5, 0.6) is 0 Å². The van der Waals surface area contributed by atoms with E-state index in [4.69, 9.17) is 0 Å². The Labute approximate surface area is 100 Å². The number of thiophene rings is 1. The predicted molar refractivity (Wildman–Crippen MR) is 67.4 cm³/mol. The fraction of sp³-hybridized carbons (Fsp3) is 0.417. The van der Waals surface area contributed by atoms with Crippen molar-refractivity contribution in [2.24, 2.45) is 7.05 Å². The fourth-order valence-corrected chi connectivity index (χ4v) is 2.23. The molecule has 0 radical (unpaired) electrons. The zero-order valence-corrected chi connectivity index (χ0v) is 10.7. The van der Waals surface area contributed by atoms with Gasteiger partial charge in [-0.15, -0.1) is 0 Å². The number of nitrogens with one attached hydrogen (secondary N) is 1. The molecule has 0 amide bonds. The molecule has 86 valence electrons. The first-order valence-corrected chi connectivity index (χ1v) is 6.27. The van der Waals surface area contributed by atoms with Gasteiger partial charge in [0.1, 0.15) is 0 Å². The highest BCUT2D eigenvalue weighted by Crippen LogP contribution is 2.20. The van der Waals surface area contributed by atoms with Crippen molar-refractivity contribution >= 4 is 11.3 Å². The lowest BCUT2D eigenvalue weighted by Gasteiger charge is -2.24. The zero-order valence-electron chi connectivity index (χ0n) is 9.90. The van der Waals surface area contributed by atoms with Crippen molar-refractivity contribution in [3.8, 4) is 0 Å². The molecule has 2 heterocycles. The van der Waals surface area contributed by atoms with Crippen molar-refractivity contribution in [1.29, 1.82) is 0 Å². The lowest BCUT2D eigenvalue weighted by molar-refractivity contribution is 0.401. The molecule has 0 aromatic carbocycles. The van der Waals surface area contributed by atoms with Gasteiger partial charge >= 0.3 is 0 Å². The largest absolute Gasteiger partial charge is 0.304 e. The molecule has 3 nitrogen and oxygen atoms in total. The first-order valence-electron chi connectivity index (χ1n) is 5.33. The molecule has 0 bridgehead atoms. The van der Waals surface area contributed by atoms with Crippen molar-refractivity contribution in [1.82, 2.24) is 15.1 Å². The number of hydrogen-bond acceptors (Lipinski definition) is 3. The normalized spacial score (nSPS) is 11.9. The van der Waals surface area contributed by atoms with Crippen molar-refractivity contribution < 1.29 is 0 Å². The number of aryl methyl sites for hydroxylation is 1. The van der Waals surface area contributed by atoms with Crippen LogP contribution in [-0.4, -0.2) is 9.78 Å². The molecule has 4 heteroatoms. The Kier molecular flexibility index (Phi) is 3.12. The molecule has 16 heavy (non-hydrogen) atoms. The van der Waals surface area contributed by atoms with E-state index in [-0.39, 0.29) is 5.54 Å². The standard InChI is InChI=1S/C12H17N3S/c1-12(2,11-7-14-15(3)8-11)13-6-10-4-5-16-9-10/h4-5,7-9,13H,6H2,1-3H3. The topological polar surface area (TPSA) is 29.9 Å². The monoisotopic (exact) mass is 235 g/mol. The minimum absolute atomic E-state index is 0.0454. The molecule has 2 aromatic rings. The molecule has 0 saturated heterocycles. The summed E-state index contributed by atoms with van der Waals surface area (Å²) in [6, 6.07) is 2.15. The summed E-state index contributed by atoms with van der Waals surface area (Å²) in [6.45, 7) is 5.25. The van der Waals surface area contributed by atoms with Crippen LogP contribution in [-0.2, 0) is 19.1 Å². The molecular weight excluding hydrogens is 218 g/mol. The van der Waals surface area contributed by atoms with Crippen LogP contribution in [0.3, 0.4) is 0 Å². The summed E-state index contributed by atoms with van der Waals surface area (Å²) in [5, 5.41) is 12.0. The summed E-state index contributed by atoms with van der Waals surface area (Å²) in [5.41, 5.74) is 2.50. The van der Waals surface area contributed by atoms with Gasteiger partial charge in [0.25, 0.3) is 0 Å². The number of hydrogen-bond donors (Lipinski definition) is 1. The minimum atomic E-state index is -0.0454. The molecule has 0 saturated carbocycles. The van der Waals surface area contributed by atoms with Crippen LogP contribution in [0.2, 0.25) is 0 Å². The molecule has 0 aliphatic heterocycles. The zero-order chi connectivity index (χ0) is 11.6. The van der Waals surface area contributed by atoms with E-state index < -0.39 is 0 Å². The molecule has 0 aliphatic rings. The van der Waals surface area contributed by atoms with Crippen LogP contribution in [0.1, 0.15) is 25.0 Å². The lowest BCUT2D eigenvalue weighted by atomic mass is 9.97. The second-order valence-corrected chi connectivity index (χ2v) is 5.29. The van der Waals surface area contributed by atoms with Crippen LogP contribution < -0.4 is 5.32 Å². The van der Waals surface area contributed by atoms with Gasteiger partial charge in [-0.2, -0.15) is 16.4 Å². The summed E-state index contributed by atoms with van der Waals surface area (Å²) < 4.78 is 1.84. The van der Waals surface area contributed by atoms with Crippen molar-refractivity contribution in [2.75, 3.05) is 0 Å². The Bertz CT molecular complexity index is 443. The number of aromatic nitrogens is 2. The van der Waals surface area contributed by atoms with Gasteiger partial charge in [-0.3, -0.25) is 4.68 Å². The van der Waals surface area contributed by atoms with Gasteiger partial charge < -0.3 is 5.32 Å². The van der Waals surface area contributed by atoms with Gasteiger partial charge in [0, 0.05) is 30.9 Å². The smallest absolute Gasteiger partial charge is 0.0540 e. The Morgan fingerprint density at radius 3 is 2.88 bits per heavy atom. The van der Waals surface area contributed by atoms with Gasteiger partial charge in [-0.05, 0) is 36.2 Å². The quantitative estimate of drug-likeness (QED) is 0.882. The molecule has 2 aromatic heterocycles. The second-order valence-electron chi connectivity index (χ2n) is 4.51. The van der Waals surface area contributed by atoms with Gasteiger partial charge in [-0.25, -0.2) is 0 Å². The van der Waals surface area contributed by atoms with Crippen LogP contribution in [0.4, 0.5) is 0 Å². The van der Waals surface area contributed by atoms with E-state index >= 15 is 0 Å². The number of rotatable bonds is 4. The first kappa shape index (κ1) is 11.4. The lowest BCUT2D eigenvalue weighted by Crippen LogP contribution is -2.35. The van der Waals surface area contributed by atoms with Gasteiger partial charge in [0.15, 0.2) is 0 Å². The Balaban J connectivity index is 2.02. The summed E-state index contributed by atoms with van der Waals surface area (Å²) >= 11 is 1.73. The maximum Gasteiger partial charge on any atom is 0.0540 e. The average Bonchev–Trinajstić information content (AvgIpc) is 2.85. The third-order valence-electron chi connectivity index (χ3n) is 2.74. The van der Waals surface area contributed by atoms with E-state index in [1.165, 1.54) is 11.1 Å². The molecule has 0 fully saturated rings. The highest BCUT2D eigenvalue weighted by Gasteiger charge is 2.21. The highest BCUT2D eigenvalue weighted by molar-refractivity contribution is 7.07. The minimum Gasteiger partial charge on any atom is -0.304 e. The molecule has 0 atom stereocenters. The predicted octanol–water partition coefficient (Wildman–Crippen LogP) is 2.51. The van der Waals surface area contributed by atoms with Gasteiger partial charge in [0.05, 0.1) is 6.20 Å². The van der Waals surface area contributed by atoms with Crippen LogP contribution in [0.25, 0.3) is 0 Å². The van der Waals surface area contributed by atoms with E-state index in [1.54, 1.807) is 11.3 Å². The van der Waals surface area contributed by atoms with E-state index in [2.05, 4.69) is 47.3 Å². The third kappa shape index (κ3) is 2.51. The fourth-order valence-electron chi connectivity index (χ4n) is 1.56. The summed E-state index contributed by atoms with van der Waals surface area (Å²) in [4.78, 5) is 0. The second kappa shape index (κ2) is 4.39. The van der Waals surface area contributed by atoms with Crippen LogP contribution in [0.15, 0.2) is 29.2 Å². The van der Waals surface area contributed by atoms with Gasteiger partial charge in [0.2, 0.25) is 0 Å². The van der Waals surface area contributed by atoms with E-state index in [9.17, 15) is 0 Å². The summed E-state index contributed by atoms with van der Waals surface area (Å²) in [6.07, 6.45) is 3.97. The average molecular weight is 235 g/mol. The van der Waals surface area contributed by atoms with Gasteiger partial charge in [-0.1, -0.05) is 0 Å². The van der Waals surface area contributed by atoms with Crippen LogP contribution >= 0.6 is 11.3 Å². The highest BCUT2D eigenvalue weighted by atomic mass is 32.1. The molecule has 0 spiro atoms. The number of nitrogens with zero attached hydrogens (tertiary/aromatic N) is 2. The summed E-state index contributed by atoms with van der Waals surface area (Å²) in [7, 11) is 1.94. The van der Waals surface area contributed by atoms with Crippen molar-refractivity contribution in [2.45, 2.75) is 25.9 Å². The van der Waals surface area contributed by atoms with E-state index in [1.807, 2.05) is 17.9 Å². The van der Waals surface area contributed by atoms with Crippen molar-refractivity contribution in [3.63, 3.8) is 0 Å². The summed E-state index contributed by atoms with van der Waals surface area (Å²) in [5.74, 6) is 0. The SMILES string of the molecule is Cn1cc(C(C)(C)NCc2ccsc2)cn1. The third-order valence-corrected chi connectivity index (χ3v) is 3.47. The molecule has 2 rings (SSSR count). The van der Waals surface area contributed by atoms with E-state index in [0.29, 0.717) is 0 Å². The van der Waals surface area contributed by atoms with Crippen molar-refractivity contribution in [3.05, 3.63) is 40.3 Å². The molecule has 0 aliphatic carbocycles. The molecule has 1 N–H and O–H groups in total. The molecule has 0 unspecified atom stereocenters. The van der Waals surface area contributed by atoms with Crippen LogP contribution in [0, 0.1) is 0 Å². The Morgan fingerprint density at radius 1 is 1.50 bits per heavy atom. The van der Waals surface area contributed by atoms with E-state index in [0.717, 1.165) is 6.54 Å². The molecular formula is C12H17N3S. The maximum absolute atomic E-state index is 4.21. The Hall–Kier alpha value is -1.13. The maximum atomic E-state index is 4.21. The first-order chi connectivity index (χ1) is 7.58.